The fourth-order valence-corrected chi connectivity index (χ4v) is 2.48. The summed E-state index contributed by atoms with van der Waals surface area (Å²) in [5, 5.41) is 0. The summed E-state index contributed by atoms with van der Waals surface area (Å²) in [4.78, 5) is 8.44. The minimum absolute atomic E-state index is 0.0959. The van der Waals surface area contributed by atoms with Crippen molar-refractivity contribution < 1.29 is 9.05 Å². The van der Waals surface area contributed by atoms with Gasteiger partial charge in [-0.25, -0.2) is 15.5 Å². The third kappa shape index (κ3) is 4.68. The summed E-state index contributed by atoms with van der Waals surface area (Å²) >= 11 is 5.02. The van der Waals surface area contributed by atoms with Crippen molar-refractivity contribution >= 4 is 18.4 Å². The number of aromatic nitrogens is 2. The first-order chi connectivity index (χ1) is 7.74. The highest BCUT2D eigenvalue weighted by molar-refractivity contribution is 8.09. The van der Waals surface area contributed by atoms with Gasteiger partial charge in [-0.3, -0.25) is 0 Å². The largest absolute Gasteiger partial charge is 0.430 e. The van der Waals surface area contributed by atoms with Crippen molar-refractivity contribution in [2.24, 2.45) is 5.50 Å². The lowest BCUT2D eigenvalue weighted by molar-refractivity contribution is 0.331. The molecule has 0 radical (unpaired) electrons. The van der Waals surface area contributed by atoms with Crippen molar-refractivity contribution in [3.05, 3.63) is 18.2 Å². The first-order valence-electron chi connectivity index (χ1n) is 5.30. The molecule has 1 rings (SSSR count). The van der Waals surface area contributed by atoms with Crippen molar-refractivity contribution in [1.82, 2.24) is 9.97 Å². The van der Waals surface area contributed by atoms with E-state index in [0.29, 0.717) is 12.4 Å². The van der Waals surface area contributed by atoms with Gasteiger partial charge in [0.1, 0.15) is 5.82 Å². The molecule has 0 bridgehead atoms. The van der Waals surface area contributed by atoms with Crippen LogP contribution in [-0.2, 0) is 21.7 Å². The summed E-state index contributed by atoms with van der Waals surface area (Å²) in [5.74, 6) is 1.18. The molecule has 0 aliphatic rings. The molecule has 1 heterocycles. The van der Waals surface area contributed by atoms with Gasteiger partial charge in [0.15, 0.2) is 5.75 Å². The van der Waals surface area contributed by atoms with Gasteiger partial charge in [0, 0.05) is 5.41 Å². The van der Waals surface area contributed by atoms with Crippen molar-refractivity contribution in [2.75, 3.05) is 6.61 Å². The molecule has 96 valence electrons. The quantitative estimate of drug-likeness (QED) is 0.851. The second-order valence-electron chi connectivity index (χ2n) is 4.54. The van der Waals surface area contributed by atoms with E-state index in [4.69, 9.17) is 26.4 Å². The van der Waals surface area contributed by atoms with Crippen LogP contribution in [0.5, 0.6) is 5.75 Å². The van der Waals surface area contributed by atoms with Crippen LogP contribution in [0.15, 0.2) is 12.4 Å². The van der Waals surface area contributed by atoms with Crippen LogP contribution in [0.3, 0.4) is 0 Å². The zero-order valence-electron chi connectivity index (χ0n) is 10.5. The molecule has 1 unspecified atom stereocenters. The molecule has 0 fully saturated rings. The van der Waals surface area contributed by atoms with Gasteiger partial charge in [-0.15, -0.1) is 0 Å². The Morgan fingerprint density at radius 3 is 2.29 bits per heavy atom. The van der Waals surface area contributed by atoms with E-state index in [1.807, 2.05) is 27.7 Å². The standard InChI is InChI=1S/C10H18N3O2PS/c1-5-14-16(11,17)15-8-6-12-9(13-7-8)10(2,3)4/h6-7H,5H2,1-4H3,(H2,11,17). The zero-order chi connectivity index (χ0) is 13.1. The minimum Gasteiger partial charge on any atom is -0.430 e. The van der Waals surface area contributed by atoms with Gasteiger partial charge in [-0.05, 0) is 18.7 Å². The summed E-state index contributed by atoms with van der Waals surface area (Å²) in [5.41, 5.74) is 5.61. The highest BCUT2D eigenvalue weighted by Crippen LogP contribution is 2.39. The Morgan fingerprint density at radius 1 is 1.35 bits per heavy atom. The molecule has 0 spiro atoms. The van der Waals surface area contributed by atoms with E-state index in [0.717, 1.165) is 5.82 Å². The van der Waals surface area contributed by atoms with E-state index < -0.39 is 6.64 Å². The summed E-state index contributed by atoms with van der Waals surface area (Å²) in [6, 6.07) is 0. The third-order valence-electron chi connectivity index (χ3n) is 1.84. The number of hydrogen-bond donors (Lipinski definition) is 1. The van der Waals surface area contributed by atoms with Gasteiger partial charge < -0.3 is 9.05 Å². The summed E-state index contributed by atoms with van der Waals surface area (Å²) < 4.78 is 10.5. The van der Waals surface area contributed by atoms with Gasteiger partial charge in [0.2, 0.25) is 0 Å². The van der Waals surface area contributed by atoms with Gasteiger partial charge in [0.25, 0.3) is 0 Å². The normalized spacial score (nSPS) is 15.4. The molecule has 0 amide bonds. The smallest absolute Gasteiger partial charge is 0.310 e. The van der Waals surface area contributed by atoms with E-state index >= 15 is 0 Å². The first-order valence-corrected chi connectivity index (χ1v) is 8.00. The van der Waals surface area contributed by atoms with Gasteiger partial charge in [-0.2, -0.15) is 0 Å². The van der Waals surface area contributed by atoms with Crippen molar-refractivity contribution in [3.8, 4) is 5.75 Å². The van der Waals surface area contributed by atoms with Crippen LogP contribution in [0.25, 0.3) is 0 Å². The van der Waals surface area contributed by atoms with E-state index in [1.54, 1.807) is 12.4 Å². The predicted molar refractivity (Wildman–Crippen MR) is 71.5 cm³/mol. The number of rotatable bonds is 4. The molecule has 0 saturated heterocycles. The third-order valence-corrected chi connectivity index (χ3v) is 3.46. The predicted octanol–water partition coefficient (Wildman–Crippen LogP) is 2.37. The average molecular weight is 275 g/mol. The molecule has 1 aromatic heterocycles. The van der Waals surface area contributed by atoms with Crippen LogP contribution in [0.1, 0.15) is 33.5 Å². The highest BCUT2D eigenvalue weighted by Gasteiger charge is 2.18. The van der Waals surface area contributed by atoms with E-state index in [2.05, 4.69) is 9.97 Å². The Morgan fingerprint density at radius 2 is 1.88 bits per heavy atom. The van der Waals surface area contributed by atoms with Gasteiger partial charge in [0.05, 0.1) is 19.0 Å². The molecule has 17 heavy (non-hydrogen) atoms. The van der Waals surface area contributed by atoms with E-state index in [1.165, 1.54) is 0 Å². The van der Waals surface area contributed by atoms with Crippen LogP contribution in [-0.4, -0.2) is 16.6 Å². The zero-order valence-corrected chi connectivity index (χ0v) is 12.2. The summed E-state index contributed by atoms with van der Waals surface area (Å²) in [6.45, 7) is 5.64. The molecule has 0 aliphatic heterocycles. The molecule has 5 nitrogen and oxygen atoms in total. The summed E-state index contributed by atoms with van der Waals surface area (Å²) in [7, 11) is 0. The minimum atomic E-state index is -2.72. The van der Waals surface area contributed by atoms with E-state index in [-0.39, 0.29) is 5.41 Å². The molecular weight excluding hydrogens is 257 g/mol. The highest BCUT2D eigenvalue weighted by atomic mass is 32.5. The van der Waals surface area contributed by atoms with Crippen LogP contribution in [0.2, 0.25) is 0 Å². The molecule has 0 saturated carbocycles. The molecule has 2 N–H and O–H groups in total. The second-order valence-corrected chi connectivity index (χ2v) is 7.59. The Labute approximate surface area is 107 Å². The lowest BCUT2D eigenvalue weighted by Crippen LogP contribution is -2.15. The van der Waals surface area contributed by atoms with Crippen molar-refractivity contribution in [3.63, 3.8) is 0 Å². The number of hydrogen-bond acceptors (Lipinski definition) is 5. The fourth-order valence-electron chi connectivity index (χ4n) is 1.10. The average Bonchev–Trinajstić information content (AvgIpc) is 2.16. The Bertz CT molecular complexity index is 417. The Hall–Kier alpha value is -0.550. The van der Waals surface area contributed by atoms with Crippen LogP contribution < -0.4 is 10.0 Å². The molecule has 7 heteroatoms. The lowest BCUT2D eigenvalue weighted by Gasteiger charge is -2.19. The molecule has 0 aliphatic carbocycles. The van der Waals surface area contributed by atoms with Crippen LogP contribution in [0.4, 0.5) is 0 Å². The molecular formula is C10H18N3O2PS. The molecule has 1 aromatic rings. The SMILES string of the molecule is CCOP(N)(=S)Oc1cnc(C(C)(C)C)nc1. The molecule has 0 aromatic carbocycles. The summed E-state index contributed by atoms with van der Waals surface area (Å²) in [6.07, 6.45) is 3.14. The van der Waals surface area contributed by atoms with Crippen LogP contribution in [0, 0.1) is 0 Å². The number of nitrogens with zero attached hydrogens (tertiary/aromatic N) is 2. The monoisotopic (exact) mass is 275 g/mol. The van der Waals surface area contributed by atoms with Crippen molar-refractivity contribution in [2.45, 2.75) is 33.1 Å². The Kier molecular flexibility index (Phi) is 4.61. The fraction of sp³-hybridized carbons (Fsp3) is 0.600. The van der Waals surface area contributed by atoms with Gasteiger partial charge in [-0.1, -0.05) is 20.8 Å². The topological polar surface area (TPSA) is 70.3 Å². The van der Waals surface area contributed by atoms with Gasteiger partial charge >= 0.3 is 6.64 Å². The lowest BCUT2D eigenvalue weighted by atomic mass is 9.96. The maximum absolute atomic E-state index is 5.71. The second kappa shape index (κ2) is 5.40. The maximum atomic E-state index is 5.71. The first kappa shape index (κ1) is 14.5. The Balaban J connectivity index is 2.79. The molecule has 1 atom stereocenters. The van der Waals surface area contributed by atoms with E-state index in [9.17, 15) is 0 Å². The van der Waals surface area contributed by atoms with Crippen molar-refractivity contribution in [1.29, 1.82) is 0 Å². The maximum Gasteiger partial charge on any atom is 0.310 e. The number of nitrogens with two attached hydrogens (primary N) is 1. The van der Waals surface area contributed by atoms with Crippen LogP contribution >= 0.6 is 6.64 Å².